The molecule has 2 aromatic rings. The minimum absolute atomic E-state index is 0.135. The van der Waals surface area contributed by atoms with Gasteiger partial charge in [-0.25, -0.2) is 8.42 Å². The van der Waals surface area contributed by atoms with Crippen molar-refractivity contribution in [1.29, 1.82) is 0 Å². The van der Waals surface area contributed by atoms with Gasteiger partial charge in [0.05, 0.1) is 16.3 Å². The van der Waals surface area contributed by atoms with Gasteiger partial charge in [0.15, 0.2) is 0 Å². The molecule has 0 aliphatic carbocycles. The van der Waals surface area contributed by atoms with Gasteiger partial charge in [-0.3, -0.25) is 9.48 Å². The molecule has 1 amide bonds. The highest BCUT2D eigenvalue weighted by Crippen LogP contribution is 2.28. The molecule has 1 aromatic heterocycles. The minimum Gasteiger partial charge on any atom is -0.368 e. The lowest BCUT2D eigenvalue weighted by Gasteiger charge is -2.35. The topological polar surface area (TPSA) is 78.8 Å². The summed E-state index contributed by atoms with van der Waals surface area (Å²) < 4.78 is 30.2. The molecule has 1 aromatic carbocycles. The van der Waals surface area contributed by atoms with Gasteiger partial charge in [0.25, 0.3) is 15.9 Å². The smallest absolute Gasteiger partial charge is 0.263 e. The molecule has 1 saturated heterocycles. The molecule has 1 aliphatic heterocycles. The number of anilines is 1. The zero-order valence-electron chi connectivity index (χ0n) is 19.7. The average molecular weight is 496 g/mol. The summed E-state index contributed by atoms with van der Waals surface area (Å²) in [5.74, 6) is -0.269. The summed E-state index contributed by atoms with van der Waals surface area (Å²) >= 11 is 6.32. The molecule has 3 rings (SSSR count). The molecule has 33 heavy (non-hydrogen) atoms. The third-order valence-electron chi connectivity index (χ3n) is 5.70. The number of sulfonamides is 1. The molecule has 1 aliphatic rings. The average Bonchev–Trinajstić information content (AvgIpc) is 3.24. The van der Waals surface area contributed by atoms with Crippen molar-refractivity contribution in [2.75, 3.05) is 44.2 Å². The Morgan fingerprint density at radius 2 is 1.67 bits per heavy atom. The maximum atomic E-state index is 13.6. The quantitative estimate of drug-likeness (QED) is 0.502. The first-order valence-electron chi connectivity index (χ1n) is 11.7. The number of nitrogens with zero attached hydrogens (tertiary/aromatic N) is 5. The maximum Gasteiger partial charge on any atom is 0.263 e. The first kappa shape index (κ1) is 25.5. The van der Waals surface area contributed by atoms with Gasteiger partial charge in [0, 0.05) is 52.0 Å². The number of piperazine rings is 1. The van der Waals surface area contributed by atoms with Crippen LogP contribution in [0.2, 0.25) is 5.02 Å². The van der Waals surface area contributed by atoms with E-state index in [9.17, 15) is 13.2 Å². The minimum atomic E-state index is -3.92. The molecule has 0 radical (unpaired) electrons. The van der Waals surface area contributed by atoms with Gasteiger partial charge in [-0.15, -0.1) is 0 Å². The van der Waals surface area contributed by atoms with E-state index in [1.165, 1.54) is 4.31 Å². The van der Waals surface area contributed by atoms with E-state index in [1.54, 1.807) is 15.8 Å². The summed E-state index contributed by atoms with van der Waals surface area (Å²) in [5, 5.41) is 4.88. The molecule has 182 valence electrons. The van der Waals surface area contributed by atoms with E-state index in [0.29, 0.717) is 50.8 Å². The molecule has 0 saturated carbocycles. The second kappa shape index (κ2) is 11.4. The first-order valence-corrected chi connectivity index (χ1v) is 13.5. The van der Waals surface area contributed by atoms with Crippen molar-refractivity contribution < 1.29 is 13.2 Å². The van der Waals surface area contributed by atoms with Crippen molar-refractivity contribution in [3.05, 3.63) is 41.0 Å². The van der Waals surface area contributed by atoms with Crippen molar-refractivity contribution >= 4 is 33.2 Å². The monoisotopic (exact) mass is 495 g/mol. The van der Waals surface area contributed by atoms with Crippen LogP contribution in [0.1, 0.15) is 50.4 Å². The van der Waals surface area contributed by atoms with Crippen LogP contribution in [0.15, 0.2) is 35.5 Å². The Labute approximate surface area is 202 Å². The predicted molar refractivity (Wildman–Crippen MR) is 131 cm³/mol. The summed E-state index contributed by atoms with van der Waals surface area (Å²) in [7, 11) is -3.92. The Morgan fingerprint density at radius 1 is 1.03 bits per heavy atom. The molecule has 2 heterocycles. The summed E-state index contributed by atoms with van der Waals surface area (Å²) in [6.45, 7) is 9.36. The number of hydrogen-bond donors (Lipinski definition) is 0. The van der Waals surface area contributed by atoms with Gasteiger partial charge in [0.2, 0.25) is 5.03 Å². The second-order valence-electron chi connectivity index (χ2n) is 8.25. The van der Waals surface area contributed by atoms with E-state index in [0.717, 1.165) is 24.9 Å². The van der Waals surface area contributed by atoms with Crippen LogP contribution >= 0.6 is 11.6 Å². The van der Waals surface area contributed by atoms with Crippen LogP contribution < -0.4 is 4.90 Å². The van der Waals surface area contributed by atoms with Gasteiger partial charge in [-0.05, 0) is 31.4 Å². The zero-order chi connectivity index (χ0) is 24.0. The zero-order valence-corrected chi connectivity index (χ0v) is 21.3. The summed E-state index contributed by atoms with van der Waals surface area (Å²) in [5.41, 5.74) is 1.06. The fourth-order valence-corrected chi connectivity index (χ4v) is 5.88. The number of hydrogen-bond acceptors (Lipinski definition) is 5. The van der Waals surface area contributed by atoms with E-state index < -0.39 is 10.0 Å². The van der Waals surface area contributed by atoms with Gasteiger partial charge >= 0.3 is 0 Å². The number of benzene rings is 1. The Morgan fingerprint density at radius 3 is 2.24 bits per heavy atom. The van der Waals surface area contributed by atoms with Crippen molar-refractivity contribution in [3.8, 4) is 0 Å². The SMILES string of the molecule is CCCN(CCC)C(=O)c1cn(CCC)nc1S(=O)(=O)N1CCN(c2ccccc2Cl)CC1. The molecular formula is C23H34ClN5O3S. The normalized spacial score (nSPS) is 15.1. The molecule has 0 N–H and O–H groups in total. The fourth-order valence-electron chi connectivity index (χ4n) is 4.11. The van der Waals surface area contributed by atoms with E-state index in [2.05, 4.69) is 10.00 Å². The molecule has 0 spiro atoms. The van der Waals surface area contributed by atoms with Gasteiger partial charge in [-0.2, -0.15) is 9.40 Å². The third kappa shape index (κ3) is 5.70. The van der Waals surface area contributed by atoms with Crippen LogP contribution in [0.4, 0.5) is 5.69 Å². The Hall–Kier alpha value is -2.10. The maximum absolute atomic E-state index is 13.6. The third-order valence-corrected chi connectivity index (χ3v) is 7.86. The number of amides is 1. The highest BCUT2D eigenvalue weighted by Gasteiger charge is 2.36. The van der Waals surface area contributed by atoms with Crippen molar-refractivity contribution in [3.63, 3.8) is 0 Å². The first-order chi connectivity index (χ1) is 15.8. The number of para-hydroxylation sites is 1. The second-order valence-corrected chi connectivity index (χ2v) is 10.5. The Balaban J connectivity index is 1.86. The summed E-state index contributed by atoms with van der Waals surface area (Å²) in [6, 6.07) is 7.56. The number of aromatic nitrogens is 2. The summed E-state index contributed by atoms with van der Waals surface area (Å²) in [6.07, 6.45) is 4.00. The van der Waals surface area contributed by atoms with Crippen molar-refractivity contribution in [2.45, 2.75) is 51.6 Å². The van der Waals surface area contributed by atoms with Crippen LogP contribution in [0.3, 0.4) is 0 Å². The Bertz CT molecular complexity index is 1040. The highest BCUT2D eigenvalue weighted by atomic mass is 35.5. The van der Waals surface area contributed by atoms with Crippen LogP contribution in [0.25, 0.3) is 0 Å². The van der Waals surface area contributed by atoms with E-state index in [-0.39, 0.29) is 16.5 Å². The fraction of sp³-hybridized carbons (Fsp3) is 0.565. The predicted octanol–water partition coefficient (Wildman–Crippen LogP) is 3.72. The molecule has 8 nitrogen and oxygen atoms in total. The van der Waals surface area contributed by atoms with Crippen LogP contribution in [-0.2, 0) is 16.6 Å². The number of halogens is 1. The molecule has 1 fully saturated rings. The lowest BCUT2D eigenvalue weighted by Crippen LogP contribution is -2.49. The molecular weight excluding hydrogens is 462 g/mol. The highest BCUT2D eigenvalue weighted by molar-refractivity contribution is 7.89. The molecule has 0 unspecified atom stereocenters. The molecule has 0 bridgehead atoms. The van der Waals surface area contributed by atoms with Gasteiger partial charge in [0.1, 0.15) is 0 Å². The molecule has 0 atom stereocenters. The van der Waals surface area contributed by atoms with Crippen LogP contribution in [-0.4, -0.2) is 72.6 Å². The van der Waals surface area contributed by atoms with Crippen LogP contribution in [0.5, 0.6) is 0 Å². The number of aryl methyl sites for hydroxylation is 1. The Kier molecular flexibility index (Phi) is 8.78. The standard InChI is InChI=1S/C23H34ClN5O3S/c1-4-11-27(12-5-2)23(30)19-18-28(13-6-3)25-22(19)33(31,32)29-16-14-26(15-17-29)21-10-8-7-9-20(21)24/h7-10,18H,4-6,11-17H2,1-3H3. The largest absolute Gasteiger partial charge is 0.368 e. The number of carbonyl (C=O) groups excluding carboxylic acids is 1. The number of carbonyl (C=O) groups is 1. The van der Waals surface area contributed by atoms with Crippen molar-refractivity contribution in [1.82, 2.24) is 19.0 Å². The van der Waals surface area contributed by atoms with Gasteiger partial charge < -0.3 is 9.80 Å². The van der Waals surface area contributed by atoms with E-state index in [1.807, 2.05) is 45.0 Å². The molecule has 10 heteroatoms. The van der Waals surface area contributed by atoms with E-state index >= 15 is 0 Å². The van der Waals surface area contributed by atoms with Gasteiger partial charge in [-0.1, -0.05) is 44.5 Å². The lowest BCUT2D eigenvalue weighted by molar-refractivity contribution is 0.0751. The van der Waals surface area contributed by atoms with Crippen LogP contribution in [0, 0.1) is 0 Å². The summed E-state index contributed by atoms with van der Waals surface area (Å²) in [4.78, 5) is 17.1. The number of rotatable bonds is 10. The van der Waals surface area contributed by atoms with Crippen molar-refractivity contribution in [2.24, 2.45) is 0 Å². The van der Waals surface area contributed by atoms with E-state index in [4.69, 9.17) is 11.6 Å². The lowest BCUT2D eigenvalue weighted by atomic mass is 10.2.